The average Bonchev–Trinajstić information content (AvgIpc) is 2.09. The lowest BCUT2D eigenvalue weighted by atomic mass is 9.90. The molecule has 1 fully saturated rings. The minimum atomic E-state index is -0.606. The van der Waals surface area contributed by atoms with E-state index < -0.39 is 6.10 Å². The van der Waals surface area contributed by atoms with Gasteiger partial charge in [-0.15, -0.1) is 0 Å². The number of carbonyl (C=O) groups is 1. The van der Waals surface area contributed by atoms with Gasteiger partial charge >= 0.3 is 0 Å². The highest BCUT2D eigenvalue weighted by atomic mass is 16.5. The molecule has 4 nitrogen and oxygen atoms in total. The summed E-state index contributed by atoms with van der Waals surface area (Å²) < 4.78 is 5.67. The summed E-state index contributed by atoms with van der Waals surface area (Å²) in [4.78, 5) is 11.0. The van der Waals surface area contributed by atoms with Gasteiger partial charge in [0.1, 0.15) is 6.10 Å². The molecule has 0 aromatic carbocycles. The zero-order valence-corrected chi connectivity index (χ0v) is 9.86. The van der Waals surface area contributed by atoms with Crippen molar-refractivity contribution < 1.29 is 14.6 Å². The van der Waals surface area contributed by atoms with Crippen LogP contribution in [0.3, 0.4) is 0 Å². The summed E-state index contributed by atoms with van der Waals surface area (Å²) in [5, 5.41) is 12.8. The lowest BCUT2D eigenvalue weighted by Gasteiger charge is -2.40. The van der Waals surface area contributed by atoms with E-state index in [9.17, 15) is 9.90 Å². The second kappa shape index (κ2) is 4.94. The molecule has 0 radical (unpaired) electrons. The molecule has 0 aromatic rings. The fraction of sp³-hybridized carbons (Fsp3) is 0.909. The van der Waals surface area contributed by atoms with Crippen molar-refractivity contribution >= 4 is 5.91 Å². The normalized spacial score (nSPS) is 36.7. The molecule has 4 atom stereocenters. The molecule has 1 aliphatic rings. The van der Waals surface area contributed by atoms with E-state index in [1.165, 1.54) is 6.92 Å². The predicted molar refractivity (Wildman–Crippen MR) is 57.4 cm³/mol. The minimum Gasteiger partial charge on any atom is -0.388 e. The van der Waals surface area contributed by atoms with Crippen LogP contribution in [0, 0.1) is 5.92 Å². The highest BCUT2D eigenvalue weighted by Gasteiger charge is 2.37. The maximum Gasteiger partial charge on any atom is 0.217 e. The largest absolute Gasteiger partial charge is 0.388 e. The number of aliphatic hydroxyl groups is 1. The summed E-state index contributed by atoms with van der Waals surface area (Å²) in [6.45, 7) is 7.46. The first-order valence-corrected chi connectivity index (χ1v) is 5.52. The van der Waals surface area contributed by atoms with Crippen LogP contribution in [0.4, 0.5) is 0 Å². The summed E-state index contributed by atoms with van der Waals surface area (Å²) in [6, 6.07) is -0.182. The molecule has 0 spiro atoms. The van der Waals surface area contributed by atoms with Gasteiger partial charge in [-0.2, -0.15) is 0 Å². The Kier molecular flexibility index (Phi) is 4.11. The number of hydrogen-bond donors (Lipinski definition) is 2. The van der Waals surface area contributed by atoms with Crippen molar-refractivity contribution in [2.75, 3.05) is 0 Å². The van der Waals surface area contributed by atoms with Gasteiger partial charge < -0.3 is 15.2 Å². The van der Waals surface area contributed by atoms with Crippen molar-refractivity contribution in [2.24, 2.45) is 5.92 Å². The SMILES string of the molecule is CC(=O)N[C@H]1CC(C)O[C@@H](C(C)C)C1O. The molecule has 1 aliphatic heterocycles. The fourth-order valence-electron chi connectivity index (χ4n) is 2.09. The van der Waals surface area contributed by atoms with Gasteiger partial charge in [-0.25, -0.2) is 0 Å². The Morgan fingerprint density at radius 3 is 2.60 bits per heavy atom. The lowest BCUT2D eigenvalue weighted by molar-refractivity contribution is -0.148. The summed E-state index contributed by atoms with van der Waals surface area (Å²) in [5.41, 5.74) is 0. The van der Waals surface area contributed by atoms with E-state index >= 15 is 0 Å². The molecular formula is C11H21NO3. The summed E-state index contributed by atoms with van der Waals surface area (Å²) in [6.07, 6.45) is -0.0439. The molecule has 2 N–H and O–H groups in total. The van der Waals surface area contributed by atoms with Crippen molar-refractivity contribution in [3.63, 3.8) is 0 Å². The highest BCUT2D eigenvalue weighted by Crippen LogP contribution is 2.24. The molecule has 0 aromatic heterocycles. The van der Waals surface area contributed by atoms with Gasteiger partial charge in [-0.1, -0.05) is 13.8 Å². The zero-order chi connectivity index (χ0) is 11.6. The molecule has 1 amide bonds. The number of carbonyl (C=O) groups excluding carboxylic acids is 1. The number of aliphatic hydroxyl groups excluding tert-OH is 1. The summed E-state index contributed by atoms with van der Waals surface area (Å²) in [5.74, 6) is 0.148. The van der Waals surface area contributed by atoms with Crippen molar-refractivity contribution in [1.29, 1.82) is 0 Å². The van der Waals surface area contributed by atoms with Gasteiger partial charge in [0, 0.05) is 6.92 Å². The minimum absolute atomic E-state index is 0.0812. The van der Waals surface area contributed by atoms with Crippen LogP contribution >= 0.6 is 0 Å². The van der Waals surface area contributed by atoms with Gasteiger partial charge in [0.05, 0.1) is 18.2 Å². The van der Waals surface area contributed by atoms with Crippen LogP contribution in [-0.4, -0.2) is 35.4 Å². The molecule has 2 unspecified atom stereocenters. The topological polar surface area (TPSA) is 58.6 Å². The van der Waals surface area contributed by atoms with Crippen molar-refractivity contribution in [2.45, 2.75) is 58.5 Å². The molecule has 0 aliphatic carbocycles. The Bertz CT molecular complexity index is 230. The maximum atomic E-state index is 11.0. The molecule has 1 rings (SSSR count). The second-order valence-electron chi connectivity index (χ2n) is 4.69. The van der Waals surface area contributed by atoms with E-state index in [0.29, 0.717) is 6.42 Å². The first-order valence-electron chi connectivity index (χ1n) is 5.52. The maximum absolute atomic E-state index is 11.0. The molecule has 0 bridgehead atoms. The molecule has 15 heavy (non-hydrogen) atoms. The van der Waals surface area contributed by atoms with E-state index in [1.54, 1.807) is 0 Å². The van der Waals surface area contributed by atoms with E-state index in [0.717, 1.165) is 0 Å². The third-order valence-corrected chi connectivity index (χ3v) is 2.77. The molecular weight excluding hydrogens is 194 g/mol. The van der Waals surface area contributed by atoms with Crippen LogP contribution in [0.15, 0.2) is 0 Å². The average molecular weight is 215 g/mol. The number of ether oxygens (including phenoxy) is 1. The van der Waals surface area contributed by atoms with Crippen LogP contribution < -0.4 is 5.32 Å². The number of hydrogen-bond acceptors (Lipinski definition) is 3. The Labute approximate surface area is 91.0 Å². The molecule has 1 saturated heterocycles. The van der Waals surface area contributed by atoms with Gasteiger partial charge in [-0.05, 0) is 19.3 Å². The van der Waals surface area contributed by atoms with Crippen LogP contribution in [0.1, 0.15) is 34.1 Å². The van der Waals surface area contributed by atoms with E-state index in [4.69, 9.17) is 4.74 Å². The van der Waals surface area contributed by atoms with E-state index in [-0.39, 0.29) is 30.1 Å². The fourth-order valence-corrected chi connectivity index (χ4v) is 2.09. The van der Waals surface area contributed by atoms with Gasteiger partial charge in [0.25, 0.3) is 0 Å². The Hall–Kier alpha value is -0.610. The van der Waals surface area contributed by atoms with Gasteiger partial charge in [-0.3, -0.25) is 4.79 Å². The predicted octanol–water partition coefficient (Wildman–Crippen LogP) is 0.685. The van der Waals surface area contributed by atoms with Crippen molar-refractivity contribution in [3.8, 4) is 0 Å². The van der Waals surface area contributed by atoms with E-state index in [2.05, 4.69) is 5.32 Å². The van der Waals surface area contributed by atoms with Crippen LogP contribution in [-0.2, 0) is 9.53 Å². The summed E-state index contributed by atoms with van der Waals surface area (Å²) in [7, 11) is 0. The third-order valence-electron chi connectivity index (χ3n) is 2.77. The molecule has 0 saturated carbocycles. The zero-order valence-electron chi connectivity index (χ0n) is 9.86. The molecule has 88 valence electrons. The number of amides is 1. The highest BCUT2D eigenvalue weighted by molar-refractivity contribution is 5.73. The molecule has 4 heteroatoms. The van der Waals surface area contributed by atoms with Crippen LogP contribution in [0.25, 0.3) is 0 Å². The smallest absolute Gasteiger partial charge is 0.217 e. The summed E-state index contributed by atoms with van der Waals surface area (Å²) >= 11 is 0. The van der Waals surface area contributed by atoms with Gasteiger partial charge in [0.2, 0.25) is 5.91 Å². The second-order valence-corrected chi connectivity index (χ2v) is 4.69. The molecule has 1 heterocycles. The quantitative estimate of drug-likeness (QED) is 0.712. The monoisotopic (exact) mass is 215 g/mol. The van der Waals surface area contributed by atoms with E-state index in [1.807, 2.05) is 20.8 Å². The standard InChI is InChI=1S/C11H21NO3/c1-6(2)11-10(14)9(12-8(4)13)5-7(3)15-11/h6-7,9-11,14H,5H2,1-4H3,(H,12,13)/t7?,9-,10?,11-/m0/s1. The van der Waals surface area contributed by atoms with Gasteiger partial charge in [0.15, 0.2) is 0 Å². The van der Waals surface area contributed by atoms with Crippen LogP contribution in [0.2, 0.25) is 0 Å². The van der Waals surface area contributed by atoms with Crippen molar-refractivity contribution in [1.82, 2.24) is 5.32 Å². The first-order chi connectivity index (χ1) is 6.91. The van der Waals surface area contributed by atoms with Crippen LogP contribution in [0.5, 0.6) is 0 Å². The Morgan fingerprint density at radius 2 is 2.13 bits per heavy atom. The third kappa shape index (κ3) is 3.18. The lowest BCUT2D eigenvalue weighted by Crippen LogP contribution is -2.56. The number of rotatable bonds is 2. The van der Waals surface area contributed by atoms with Crippen molar-refractivity contribution in [3.05, 3.63) is 0 Å². The Balaban J connectivity index is 2.67. The first kappa shape index (κ1) is 12.5. The number of nitrogens with one attached hydrogen (secondary N) is 1. The Morgan fingerprint density at radius 1 is 1.53 bits per heavy atom.